The highest BCUT2D eigenvalue weighted by atomic mass is 35.5. The molecule has 0 atom stereocenters. The highest BCUT2D eigenvalue weighted by Crippen LogP contribution is 2.30. The molecule has 2 aromatic carbocycles. The summed E-state index contributed by atoms with van der Waals surface area (Å²) in [7, 11) is 1.52. The van der Waals surface area contributed by atoms with Crippen molar-refractivity contribution in [1.29, 1.82) is 0 Å². The van der Waals surface area contributed by atoms with Crippen molar-refractivity contribution in [3.63, 3.8) is 0 Å². The van der Waals surface area contributed by atoms with Crippen LogP contribution in [0.3, 0.4) is 0 Å². The predicted molar refractivity (Wildman–Crippen MR) is 99.8 cm³/mol. The number of hydrogen-bond donors (Lipinski definition) is 2. The highest BCUT2D eigenvalue weighted by molar-refractivity contribution is 6.31. The standard InChI is InChI=1S/C19H14ClF2N3O2/c1-27-16-7-6-12(20)9-15(16)24-17-8-5-11(10-23-17)19(26)25-18-13(21)3-2-4-14(18)22/h2-10H,1H3,(H,23,24)(H,25,26). The molecule has 0 radical (unpaired) electrons. The lowest BCUT2D eigenvalue weighted by molar-refractivity contribution is 0.102. The van der Waals surface area contributed by atoms with Crippen LogP contribution in [-0.2, 0) is 0 Å². The van der Waals surface area contributed by atoms with Gasteiger partial charge in [0.1, 0.15) is 28.9 Å². The van der Waals surface area contributed by atoms with E-state index in [1.54, 1.807) is 24.3 Å². The van der Waals surface area contributed by atoms with E-state index in [1.807, 2.05) is 0 Å². The van der Waals surface area contributed by atoms with Gasteiger partial charge in [-0.25, -0.2) is 13.8 Å². The number of nitrogens with one attached hydrogen (secondary N) is 2. The fraction of sp³-hybridized carbons (Fsp3) is 0.0526. The Morgan fingerprint density at radius 3 is 2.48 bits per heavy atom. The van der Waals surface area contributed by atoms with Crippen molar-refractivity contribution in [1.82, 2.24) is 4.98 Å². The minimum Gasteiger partial charge on any atom is -0.495 e. The first-order chi connectivity index (χ1) is 13.0. The first kappa shape index (κ1) is 18.6. The van der Waals surface area contributed by atoms with Crippen molar-refractivity contribution in [2.24, 2.45) is 0 Å². The van der Waals surface area contributed by atoms with Gasteiger partial charge in [0.25, 0.3) is 5.91 Å². The van der Waals surface area contributed by atoms with Gasteiger partial charge in [0.15, 0.2) is 0 Å². The fourth-order valence-electron chi connectivity index (χ4n) is 2.32. The van der Waals surface area contributed by atoms with E-state index < -0.39 is 23.2 Å². The zero-order chi connectivity index (χ0) is 19.4. The molecule has 0 unspecified atom stereocenters. The fourth-order valence-corrected chi connectivity index (χ4v) is 2.49. The van der Waals surface area contributed by atoms with Crippen LogP contribution >= 0.6 is 11.6 Å². The molecule has 0 saturated carbocycles. The number of anilines is 3. The molecule has 0 aliphatic carbocycles. The van der Waals surface area contributed by atoms with E-state index in [0.717, 1.165) is 12.1 Å². The van der Waals surface area contributed by atoms with Crippen molar-refractivity contribution in [3.8, 4) is 5.75 Å². The SMILES string of the molecule is COc1ccc(Cl)cc1Nc1ccc(C(=O)Nc2c(F)cccc2F)cn1. The summed E-state index contributed by atoms with van der Waals surface area (Å²) in [5.41, 5.74) is 0.234. The van der Waals surface area contributed by atoms with Gasteiger partial charge in [-0.1, -0.05) is 17.7 Å². The summed E-state index contributed by atoms with van der Waals surface area (Å²) in [5.74, 6) is -1.40. The molecule has 1 heterocycles. The van der Waals surface area contributed by atoms with Crippen molar-refractivity contribution in [2.45, 2.75) is 0 Å². The zero-order valence-electron chi connectivity index (χ0n) is 14.1. The molecule has 0 fully saturated rings. The average Bonchev–Trinajstić information content (AvgIpc) is 2.65. The van der Waals surface area contributed by atoms with E-state index in [0.29, 0.717) is 22.3 Å². The van der Waals surface area contributed by atoms with E-state index in [2.05, 4.69) is 15.6 Å². The van der Waals surface area contributed by atoms with Gasteiger partial charge in [0.2, 0.25) is 0 Å². The highest BCUT2D eigenvalue weighted by Gasteiger charge is 2.14. The van der Waals surface area contributed by atoms with Crippen molar-refractivity contribution in [2.75, 3.05) is 17.7 Å². The molecule has 0 aliphatic rings. The number of aromatic nitrogens is 1. The topological polar surface area (TPSA) is 63.2 Å². The molecule has 2 N–H and O–H groups in total. The van der Waals surface area contributed by atoms with Crippen LogP contribution in [0, 0.1) is 11.6 Å². The third kappa shape index (κ3) is 4.32. The molecule has 3 aromatic rings. The van der Waals surface area contributed by atoms with Crippen LogP contribution in [0.4, 0.5) is 26.0 Å². The number of nitrogens with zero attached hydrogens (tertiary/aromatic N) is 1. The number of rotatable bonds is 5. The summed E-state index contributed by atoms with van der Waals surface area (Å²) in [6, 6.07) is 11.4. The maximum Gasteiger partial charge on any atom is 0.257 e. The number of methoxy groups -OCH3 is 1. The van der Waals surface area contributed by atoms with Crippen LogP contribution in [0.5, 0.6) is 5.75 Å². The van der Waals surface area contributed by atoms with Crippen LogP contribution < -0.4 is 15.4 Å². The number of pyridine rings is 1. The Kier molecular flexibility index (Phi) is 5.52. The maximum absolute atomic E-state index is 13.6. The van der Waals surface area contributed by atoms with E-state index in [4.69, 9.17) is 16.3 Å². The Labute approximate surface area is 159 Å². The number of para-hydroxylation sites is 1. The second-order valence-electron chi connectivity index (χ2n) is 5.45. The summed E-state index contributed by atoms with van der Waals surface area (Å²) in [4.78, 5) is 16.3. The number of halogens is 3. The second-order valence-corrected chi connectivity index (χ2v) is 5.89. The molecular formula is C19H14ClF2N3O2. The molecule has 0 spiro atoms. The summed E-state index contributed by atoms with van der Waals surface area (Å²) in [5, 5.41) is 5.74. The normalized spacial score (nSPS) is 10.4. The third-order valence-corrected chi connectivity index (χ3v) is 3.89. The van der Waals surface area contributed by atoms with Gasteiger partial charge in [-0.15, -0.1) is 0 Å². The third-order valence-electron chi connectivity index (χ3n) is 3.65. The summed E-state index contributed by atoms with van der Waals surface area (Å²) in [6.45, 7) is 0. The van der Waals surface area contributed by atoms with Crippen LogP contribution in [-0.4, -0.2) is 18.0 Å². The number of amides is 1. The summed E-state index contributed by atoms with van der Waals surface area (Å²) in [6.07, 6.45) is 1.29. The quantitative estimate of drug-likeness (QED) is 0.643. The van der Waals surface area contributed by atoms with Gasteiger partial charge in [0, 0.05) is 11.2 Å². The molecule has 0 aliphatic heterocycles. The lowest BCUT2D eigenvalue weighted by atomic mass is 10.2. The molecule has 5 nitrogen and oxygen atoms in total. The van der Waals surface area contributed by atoms with E-state index in [1.165, 1.54) is 25.4 Å². The molecule has 3 rings (SSSR count). The Morgan fingerprint density at radius 2 is 1.85 bits per heavy atom. The average molecular weight is 390 g/mol. The molecule has 0 bridgehead atoms. The van der Waals surface area contributed by atoms with E-state index in [-0.39, 0.29) is 5.56 Å². The van der Waals surface area contributed by atoms with Crippen molar-refractivity contribution < 1.29 is 18.3 Å². The zero-order valence-corrected chi connectivity index (χ0v) is 14.8. The molecular weight excluding hydrogens is 376 g/mol. The van der Waals surface area contributed by atoms with E-state index >= 15 is 0 Å². The number of carbonyl (C=O) groups excluding carboxylic acids is 1. The molecule has 0 saturated heterocycles. The maximum atomic E-state index is 13.6. The molecule has 8 heteroatoms. The van der Waals surface area contributed by atoms with Crippen molar-refractivity contribution in [3.05, 3.63) is 76.9 Å². The van der Waals surface area contributed by atoms with E-state index in [9.17, 15) is 13.6 Å². The lowest BCUT2D eigenvalue weighted by Crippen LogP contribution is -2.14. The van der Waals surface area contributed by atoms with Gasteiger partial charge in [-0.2, -0.15) is 0 Å². The first-order valence-corrected chi connectivity index (χ1v) is 8.17. The van der Waals surface area contributed by atoms with Gasteiger partial charge in [-0.05, 0) is 42.5 Å². The smallest absolute Gasteiger partial charge is 0.257 e. The molecule has 27 heavy (non-hydrogen) atoms. The number of carbonyl (C=O) groups is 1. The van der Waals surface area contributed by atoms with Gasteiger partial charge in [0.05, 0.1) is 18.4 Å². The predicted octanol–water partition coefficient (Wildman–Crippen LogP) is 5.02. The summed E-state index contributed by atoms with van der Waals surface area (Å²) >= 11 is 5.98. The number of hydrogen-bond acceptors (Lipinski definition) is 4. The number of benzene rings is 2. The van der Waals surface area contributed by atoms with Gasteiger partial charge < -0.3 is 15.4 Å². The minimum atomic E-state index is -0.859. The van der Waals surface area contributed by atoms with Crippen LogP contribution in [0.2, 0.25) is 5.02 Å². The summed E-state index contributed by atoms with van der Waals surface area (Å²) < 4.78 is 32.5. The van der Waals surface area contributed by atoms with Gasteiger partial charge >= 0.3 is 0 Å². The molecule has 138 valence electrons. The Morgan fingerprint density at radius 1 is 1.11 bits per heavy atom. The molecule has 1 aromatic heterocycles. The Balaban J connectivity index is 1.76. The lowest BCUT2D eigenvalue weighted by Gasteiger charge is -2.11. The van der Waals surface area contributed by atoms with Crippen LogP contribution in [0.1, 0.15) is 10.4 Å². The monoisotopic (exact) mass is 389 g/mol. The number of ether oxygens (including phenoxy) is 1. The molecule has 1 amide bonds. The van der Waals surface area contributed by atoms with Gasteiger partial charge in [-0.3, -0.25) is 4.79 Å². The first-order valence-electron chi connectivity index (χ1n) is 7.80. The van der Waals surface area contributed by atoms with Crippen LogP contribution in [0.15, 0.2) is 54.7 Å². The minimum absolute atomic E-state index is 0.140. The second kappa shape index (κ2) is 8.01. The largest absolute Gasteiger partial charge is 0.495 e. The van der Waals surface area contributed by atoms with Crippen LogP contribution in [0.25, 0.3) is 0 Å². The Hall–Kier alpha value is -3.19. The van der Waals surface area contributed by atoms with Crippen molar-refractivity contribution >= 4 is 34.7 Å². The Bertz CT molecular complexity index is 961.